The summed E-state index contributed by atoms with van der Waals surface area (Å²) in [7, 11) is 0. The number of amides is 1. The number of carbonyl (C=O) groups is 1. The van der Waals surface area contributed by atoms with Crippen LogP contribution in [0.15, 0.2) is 18.2 Å². The van der Waals surface area contributed by atoms with Gasteiger partial charge in [0.2, 0.25) is 0 Å². The molecule has 0 unspecified atom stereocenters. The standard InChI is InChI=1S/C16H19FN2O/c1-2-16(8-4-9-16)19-15(20)13-7-6-12(5-3-10-18)11-14(13)17/h6-7,11H,2,4,8-10,18H2,1H3,(H,19,20). The van der Waals surface area contributed by atoms with Crippen molar-refractivity contribution in [2.75, 3.05) is 6.54 Å². The molecular weight excluding hydrogens is 255 g/mol. The predicted molar refractivity (Wildman–Crippen MR) is 76.7 cm³/mol. The Kier molecular flexibility index (Phi) is 4.41. The first-order chi connectivity index (χ1) is 9.60. The molecule has 1 aliphatic rings. The molecular formula is C16H19FN2O. The Morgan fingerprint density at radius 2 is 2.25 bits per heavy atom. The third kappa shape index (κ3) is 3.00. The average molecular weight is 274 g/mol. The molecule has 1 saturated carbocycles. The molecule has 20 heavy (non-hydrogen) atoms. The fourth-order valence-electron chi connectivity index (χ4n) is 2.41. The van der Waals surface area contributed by atoms with Crippen molar-refractivity contribution >= 4 is 5.91 Å². The highest BCUT2D eigenvalue weighted by Crippen LogP contribution is 2.34. The van der Waals surface area contributed by atoms with E-state index < -0.39 is 5.82 Å². The van der Waals surface area contributed by atoms with Crippen molar-refractivity contribution < 1.29 is 9.18 Å². The summed E-state index contributed by atoms with van der Waals surface area (Å²) in [4.78, 5) is 12.2. The Bertz CT molecular complexity index is 562. The summed E-state index contributed by atoms with van der Waals surface area (Å²) in [6, 6.07) is 4.39. The third-order valence-corrected chi connectivity index (χ3v) is 3.91. The molecule has 0 atom stereocenters. The van der Waals surface area contributed by atoms with E-state index in [1.165, 1.54) is 12.1 Å². The van der Waals surface area contributed by atoms with Crippen LogP contribution in [0, 0.1) is 17.7 Å². The van der Waals surface area contributed by atoms with Crippen LogP contribution in [0.4, 0.5) is 4.39 Å². The van der Waals surface area contributed by atoms with Gasteiger partial charge in [0.1, 0.15) is 5.82 Å². The molecule has 3 N–H and O–H groups in total. The van der Waals surface area contributed by atoms with Gasteiger partial charge in [0.05, 0.1) is 12.1 Å². The van der Waals surface area contributed by atoms with Gasteiger partial charge in [0.25, 0.3) is 5.91 Å². The molecule has 0 heterocycles. The summed E-state index contributed by atoms with van der Waals surface area (Å²) in [5, 5.41) is 2.96. The van der Waals surface area contributed by atoms with Gasteiger partial charge in [-0.05, 0) is 43.9 Å². The highest BCUT2D eigenvalue weighted by molar-refractivity contribution is 5.95. The highest BCUT2D eigenvalue weighted by Gasteiger charge is 2.36. The summed E-state index contributed by atoms with van der Waals surface area (Å²) in [5.74, 6) is 4.51. The first-order valence-electron chi connectivity index (χ1n) is 6.91. The van der Waals surface area contributed by atoms with Gasteiger partial charge in [-0.1, -0.05) is 18.8 Å². The fourth-order valence-corrected chi connectivity index (χ4v) is 2.41. The maximum atomic E-state index is 14.0. The lowest BCUT2D eigenvalue weighted by molar-refractivity contribution is 0.0816. The molecule has 0 radical (unpaired) electrons. The summed E-state index contributed by atoms with van der Waals surface area (Å²) >= 11 is 0. The van der Waals surface area contributed by atoms with E-state index in [9.17, 15) is 9.18 Å². The van der Waals surface area contributed by atoms with Gasteiger partial charge in [0, 0.05) is 11.1 Å². The normalized spacial score (nSPS) is 15.8. The van der Waals surface area contributed by atoms with Crippen molar-refractivity contribution in [1.82, 2.24) is 5.32 Å². The van der Waals surface area contributed by atoms with Gasteiger partial charge >= 0.3 is 0 Å². The zero-order valence-electron chi connectivity index (χ0n) is 11.6. The highest BCUT2D eigenvalue weighted by atomic mass is 19.1. The lowest BCUT2D eigenvalue weighted by Gasteiger charge is -2.42. The first-order valence-corrected chi connectivity index (χ1v) is 6.91. The zero-order valence-corrected chi connectivity index (χ0v) is 11.6. The first kappa shape index (κ1) is 14.5. The summed E-state index contributed by atoms with van der Waals surface area (Å²) in [6.07, 6.45) is 3.93. The predicted octanol–water partition coefficient (Wildman–Crippen LogP) is 2.20. The molecule has 0 bridgehead atoms. The summed E-state index contributed by atoms with van der Waals surface area (Å²) in [6.45, 7) is 2.27. The molecule has 4 heteroatoms. The fraction of sp³-hybridized carbons (Fsp3) is 0.438. The van der Waals surface area contributed by atoms with E-state index in [4.69, 9.17) is 5.73 Å². The van der Waals surface area contributed by atoms with Crippen LogP contribution >= 0.6 is 0 Å². The Balaban J connectivity index is 2.14. The summed E-state index contributed by atoms with van der Waals surface area (Å²) in [5.41, 5.74) is 5.73. The maximum absolute atomic E-state index is 14.0. The lowest BCUT2D eigenvalue weighted by atomic mass is 9.74. The van der Waals surface area contributed by atoms with Crippen LogP contribution in [0.5, 0.6) is 0 Å². The van der Waals surface area contributed by atoms with Gasteiger partial charge in [-0.15, -0.1) is 0 Å². The number of hydrogen-bond acceptors (Lipinski definition) is 2. The third-order valence-electron chi connectivity index (χ3n) is 3.91. The maximum Gasteiger partial charge on any atom is 0.254 e. The van der Waals surface area contributed by atoms with E-state index in [2.05, 4.69) is 17.2 Å². The second kappa shape index (κ2) is 6.06. The minimum atomic E-state index is -0.545. The van der Waals surface area contributed by atoms with Crippen LogP contribution in [0.2, 0.25) is 0 Å². The SMILES string of the molecule is CCC1(NC(=O)c2ccc(C#CCN)cc2F)CCC1. The number of benzene rings is 1. The molecule has 0 saturated heterocycles. The van der Waals surface area contributed by atoms with Crippen LogP contribution in [0.1, 0.15) is 48.5 Å². The second-order valence-corrected chi connectivity index (χ2v) is 5.14. The monoisotopic (exact) mass is 274 g/mol. The Hall–Kier alpha value is -1.86. The molecule has 1 amide bonds. The van der Waals surface area contributed by atoms with Crippen molar-refractivity contribution in [2.45, 2.75) is 38.1 Å². The largest absolute Gasteiger partial charge is 0.347 e. The minimum absolute atomic E-state index is 0.0722. The van der Waals surface area contributed by atoms with Gasteiger partial charge < -0.3 is 11.1 Å². The van der Waals surface area contributed by atoms with Crippen LogP contribution in [-0.4, -0.2) is 18.0 Å². The molecule has 1 fully saturated rings. The molecule has 0 aromatic heterocycles. The number of hydrogen-bond donors (Lipinski definition) is 2. The molecule has 1 aromatic rings. The van der Waals surface area contributed by atoms with Crippen LogP contribution in [0.3, 0.4) is 0 Å². The van der Waals surface area contributed by atoms with E-state index in [1.54, 1.807) is 6.07 Å². The minimum Gasteiger partial charge on any atom is -0.347 e. The van der Waals surface area contributed by atoms with Crippen LogP contribution < -0.4 is 11.1 Å². The Morgan fingerprint density at radius 1 is 1.50 bits per heavy atom. The van der Waals surface area contributed by atoms with E-state index >= 15 is 0 Å². The van der Waals surface area contributed by atoms with Crippen molar-refractivity contribution in [3.05, 3.63) is 35.1 Å². The van der Waals surface area contributed by atoms with Crippen LogP contribution in [0.25, 0.3) is 0 Å². The molecule has 0 spiro atoms. The lowest BCUT2D eigenvalue weighted by Crippen LogP contribution is -2.53. The van der Waals surface area contributed by atoms with Crippen LogP contribution in [-0.2, 0) is 0 Å². The van der Waals surface area contributed by atoms with Crippen molar-refractivity contribution in [1.29, 1.82) is 0 Å². The smallest absolute Gasteiger partial charge is 0.254 e. The zero-order chi connectivity index (χ0) is 14.6. The number of nitrogens with one attached hydrogen (secondary N) is 1. The quantitative estimate of drug-likeness (QED) is 0.830. The van der Waals surface area contributed by atoms with Gasteiger partial charge in [-0.3, -0.25) is 4.79 Å². The Morgan fingerprint density at radius 3 is 2.75 bits per heavy atom. The van der Waals surface area contributed by atoms with Crippen molar-refractivity contribution in [3.63, 3.8) is 0 Å². The summed E-state index contributed by atoms with van der Waals surface area (Å²) < 4.78 is 14.0. The average Bonchev–Trinajstić information content (AvgIpc) is 2.40. The van der Waals surface area contributed by atoms with Crippen molar-refractivity contribution in [2.24, 2.45) is 5.73 Å². The molecule has 2 rings (SSSR count). The van der Waals surface area contributed by atoms with Crippen molar-refractivity contribution in [3.8, 4) is 11.8 Å². The van der Waals surface area contributed by atoms with Gasteiger partial charge in [-0.2, -0.15) is 0 Å². The number of nitrogens with two attached hydrogens (primary N) is 1. The molecule has 1 aromatic carbocycles. The van der Waals surface area contributed by atoms with E-state index in [1.807, 2.05) is 6.92 Å². The topological polar surface area (TPSA) is 55.1 Å². The molecule has 3 nitrogen and oxygen atoms in total. The molecule has 0 aliphatic heterocycles. The van der Waals surface area contributed by atoms with Gasteiger partial charge in [0.15, 0.2) is 0 Å². The van der Waals surface area contributed by atoms with E-state index in [-0.39, 0.29) is 23.6 Å². The number of carbonyl (C=O) groups excluding carboxylic acids is 1. The van der Waals surface area contributed by atoms with E-state index in [0.717, 1.165) is 25.7 Å². The number of rotatable bonds is 3. The van der Waals surface area contributed by atoms with E-state index in [0.29, 0.717) is 5.56 Å². The Labute approximate surface area is 118 Å². The molecule has 1 aliphatic carbocycles. The van der Waals surface area contributed by atoms with Gasteiger partial charge in [-0.25, -0.2) is 4.39 Å². The second-order valence-electron chi connectivity index (χ2n) is 5.14. The number of halogens is 1. The molecule has 106 valence electrons.